The molecule has 0 unspecified atom stereocenters. The minimum Gasteiger partial charge on any atom is -0.397 e. The van der Waals surface area contributed by atoms with E-state index in [2.05, 4.69) is 32.2 Å². The number of nitrogens with one attached hydrogen (secondary N) is 2. The number of rotatable bonds is 13. The standard InChI is InChI=1S/C28H33N7O3.C2H6.CH3Cl/c29-25-18-28(38)27(19-26(25)32-23-6-8-24(9-7-23)35(14-16-36)15-17-37)33-22-4-2-21(3-5-22)31-10-1-12-34-13-11-30-20-34;2*1-2/h2-9,11,13,18-20,31,33,36-37H,1,10,12,14-17,29H2;1-2H3;1H3. The Kier molecular flexibility index (Phi) is 15.5. The average Bonchev–Trinajstić information content (AvgIpc) is 3.55. The van der Waals surface area contributed by atoms with Crippen molar-refractivity contribution in [3.63, 3.8) is 0 Å². The smallest absolute Gasteiger partial charge is 0.204 e. The first-order chi connectivity index (χ1) is 20.6. The number of aliphatic imine (C=N–C) groups is 1. The van der Waals surface area contributed by atoms with Gasteiger partial charge in [-0.05, 0) is 61.0 Å². The molecule has 0 amide bonds. The minimum atomic E-state index is -0.220. The number of aliphatic hydroxyl groups excluding tert-OH is 2. The van der Waals surface area contributed by atoms with Crippen LogP contribution in [0.25, 0.3) is 0 Å². The number of aromatic nitrogens is 2. The number of hydrogen-bond donors (Lipinski definition) is 5. The van der Waals surface area contributed by atoms with Gasteiger partial charge in [0.05, 0.1) is 42.3 Å². The first kappa shape index (κ1) is 34.1. The topological polar surface area (TPSA) is 141 Å². The highest BCUT2D eigenvalue weighted by molar-refractivity contribution is 6.23. The van der Waals surface area contributed by atoms with E-state index in [4.69, 9.17) is 5.73 Å². The molecular formula is C31H42ClN7O3. The Bertz CT molecular complexity index is 1280. The van der Waals surface area contributed by atoms with Gasteiger partial charge in [-0.1, -0.05) is 13.8 Å². The second kappa shape index (κ2) is 19.1. The van der Waals surface area contributed by atoms with E-state index in [9.17, 15) is 15.0 Å². The van der Waals surface area contributed by atoms with E-state index in [1.54, 1.807) is 12.3 Å². The number of aliphatic hydroxyl groups is 2. The van der Waals surface area contributed by atoms with Crippen molar-refractivity contribution in [1.29, 1.82) is 0 Å². The largest absolute Gasteiger partial charge is 0.397 e. The van der Waals surface area contributed by atoms with Crippen molar-refractivity contribution >= 4 is 45.8 Å². The number of nitrogens with zero attached hydrogens (tertiary/aromatic N) is 4. The predicted molar refractivity (Wildman–Crippen MR) is 174 cm³/mol. The van der Waals surface area contributed by atoms with Crippen LogP contribution in [0.5, 0.6) is 0 Å². The van der Waals surface area contributed by atoms with Gasteiger partial charge in [0, 0.05) is 68.1 Å². The van der Waals surface area contributed by atoms with Gasteiger partial charge in [0.1, 0.15) is 0 Å². The molecule has 0 fully saturated rings. The Labute approximate surface area is 253 Å². The second-order valence-electron chi connectivity index (χ2n) is 8.75. The van der Waals surface area contributed by atoms with Crippen molar-refractivity contribution in [2.45, 2.75) is 26.8 Å². The van der Waals surface area contributed by atoms with Gasteiger partial charge in [-0.25, -0.2) is 9.98 Å². The van der Waals surface area contributed by atoms with Crippen molar-refractivity contribution in [3.8, 4) is 0 Å². The molecule has 11 heteroatoms. The molecule has 0 atom stereocenters. The zero-order valence-corrected chi connectivity index (χ0v) is 25.3. The Balaban J connectivity index is 0.00000148. The molecule has 1 aliphatic carbocycles. The molecule has 226 valence electrons. The summed E-state index contributed by atoms with van der Waals surface area (Å²) in [4.78, 5) is 23.1. The van der Waals surface area contributed by atoms with Crippen molar-refractivity contribution in [2.24, 2.45) is 10.7 Å². The number of benzene rings is 2. The zero-order valence-electron chi connectivity index (χ0n) is 24.5. The van der Waals surface area contributed by atoms with Crippen LogP contribution in [0.1, 0.15) is 20.3 Å². The number of aryl methyl sites for hydroxylation is 1. The molecule has 2 aromatic carbocycles. The van der Waals surface area contributed by atoms with E-state index in [0.29, 0.717) is 35.9 Å². The van der Waals surface area contributed by atoms with Crippen molar-refractivity contribution in [3.05, 3.63) is 90.8 Å². The summed E-state index contributed by atoms with van der Waals surface area (Å²) in [6.45, 7) is 6.57. The van der Waals surface area contributed by atoms with E-state index in [1.807, 2.05) is 84.4 Å². The lowest BCUT2D eigenvalue weighted by Gasteiger charge is -2.22. The summed E-state index contributed by atoms with van der Waals surface area (Å²) in [5.41, 5.74) is 10.6. The number of carbonyl (C=O) groups is 1. The number of allylic oxidation sites excluding steroid dienone is 2. The second-order valence-corrected chi connectivity index (χ2v) is 8.75. The van der Waals surface area contributed by atoms with E-state index >= 15 is 0 Å². The van der Waals surface area contributed by atoms with E-state index in [-0.39, 0.29) is 19.0 Å². The van der Waals surface area contributed by atoms with Gasteiger partial charge in [-0.15, -0.1) is 11.6 Å². The number of carbonyl (C=O) groups excluding carboxylic acids is 1. The minimum absolute atomic E-state index is 0.00775. The Hall–Kier alpha value is -4.12. The molecule has 1 aromatic heterocycles. The maximum Gasteiger partial charge on any atom is 0.204 e. The third kappa shape index (κ3) is 10.7. The summed E-state index contributed by atoms with van der Waals surface area (Å²) >= 11 is 4.64. The number of nitrogens with two attached hydrogens (primary N) is 1. The third-order valence-corrected chi connectivity index (χ3v) is 5.98. The van der Waals surface area contributed by atoms with Crippen molar-refractivity contribution < 1.29 is 15.0 Å². The van der Waals surface area contributed by atoms with E-state index in [1.165, 1.54) is 12.5 Å². The van der Waals surface area contributed by atoms with Gasteiger partial charge in [-0.2, -0.15) is 0 Å². The molecule has 4 rings (SSSR count). The highest BCUT2D eigenvalue weighted by Gasteiger charge is 2.17. The van der Waals surface area contributed by atoms with Crippen LogP contribution < -0.4 is 21.3 Å². The van der Waals surface area contributed by atoms with Crippen LogP contribution in [0.2, 0.25) is 0 Å². The number of alkyl halides is 1. The molecule has 0 bridgehead atoms. The third-order valence-electron chi connectivity index (χ3n) is 5.98. The average molecular weight is 596 g/mol. The van der Waals surface area contributed by atoms with Crippen molar-refractivity contribution in [2.75, 3.05) is 54.8 Å². The lowest BCUT2D eigenvalue weighted by Crippen LogP contribution is -2.29. The number of ketones is 1. The molecule has 0 saturated carbocycles. The maximum atomic E-state index is 12.6. The van der Waals surface area contributed by atoms with Crippen LogP contribution >= 0.6 is 11.6 Å². The van der Waals surface area contributed by atoms with Crippen LogP contribution in [0.4, 0.5) is 22.7 Å². The quantitative estimate of drug-likeness (QED) is 0.110. The van der Waals surface area contributed by atoms with Gasteiger partial charge < -0.3 is 36.0 Å². The molecule has 0 radical (unpaired) electrons. The summed E-state index contributed by atoms with van der Waals surface area (Å²) < 4.78 is 2.04. The number of anilines is 3. The first-order valence-corrected chi connectivity index (χ1v) is 14.6. The van der Waals surface area contributed by atoms with Gasteiger partial charge in [0.15, 0.2) is 0 Å². The highest BCUT2D eigenvalue weighted by atomic mass is 35.5. The van der Waals surface area contributed by atoms with E-state index in [0.717, 1.165) is 36.6 Å². The van der Waals surface area contributed by atoms with Crippen LogP contribution in [-0.4, -0.2) is 70.5 Å². The fraction of sp³-hybridized carbons (Fsp3) is 0.323. The molecule has 42 heavy (non-hydrogen) atoms. The highest BCUT2D eigenvalue weighted by Crippen LogP contribution is 2.23. The summed E-state index contributed by atoms with van der Waals surface area (Å²) in [6.07, 6.45) is 11.0. The van der Waals surface area contributed by atoms with Crippen LogP contribution in [0.3, 0.4) is 0 Å². The normalized spacial score (nSPS) is 13.2. The molecular weight excluding hydrogens is 554 g/mol. The van der Waals surface area contributed by atoms with Crippen LogP contribution in [0, 0.1) is 0 Å². The summed E-state index contributed by atoms with van der Waals surface area (Å²) in [7, 11) is 0. The Morgan fingerprint density at radius 1 is 0.976 bits per heavy atom. The Morgan fingerprint density at radius 3 is 2.21 bits per heavy atom. The van der Waals surface area contributed by atoms with Crippen LogP contribution in [-0.2, 0) is 11.3 Å². The molecule has 10 nitrogen and oxygen atoms in total. The van der Waals surface area contributed by atoms with Crippen LogP contribution in [0.15, 0.2) is 95.8 Å². The molecule has 1 heterocycles. The summed E-state index contributed by atoms with van der Waals surface area (Å²) in [5, 5.41) is 25.1. The summed E-state index contributed by atoms with van der Waals surface area (Å²) in [5.74, 6) is -0.220. The molecule has 6 N–H and O–H groups in total. The SMILES string of the molecule is CC.CCl.NC1=CC(=O)C(Nc2ccc(NCCCn3ccnc3)cc2)=CC1=Nc1ccc(N(CCO)CCO)cc1. The molecule has 0 spiro atoms. The molecule has 0 saturated heterocycles. The molecule has 0 aliphatic heterocycles. The molecule has 1 aliphatic rings. The van der Waals surface area contributed by atoms with E-state index < -0.39 is 0 Å². The van der Waals surface area contributed by atoms with Crippen molar-refractivity contribution in [1.82, 2.24) is 9.55 Å². The van der Waals surface area contributed by atoms with Gasteiger partial charge in [-0.3, -0.25) is 4.79 Å². The zero-order chi connectivity index (χ0) is 30.7. The lowest BCUT2D eigenvalue weighted by molar-refractivity contribution is -0.111. The summed E-state index contributed by atoms with van der Waals surface area (Å²) in [6, 6.07) is 15.1. The molecule has 3 aromatic rings. The number of imidazole rings is 1. The van der Waals surface area contributed by atoms with Gasteiger partial charge >= 0.3 is 0 Å². The maximum absolute atomic E-state index is 12.6. The number of hydrogen-bond acceptors (Lipinski definition) is 9. The fourth-order valence-electron chi connectivity index (χ4n) is 4.01. The Morgan fingerprint density at radius 2 is 1.62 bits per heavy atom. The lowest BCUT2D eigenvalue weighted by atomic mass is 10.1. The number of halogens is 1. The fourth-order valence-corrected chi connectivity index (χ4v) is 4.01. The van der Waals surface area contributed by atoms with Gasteiger partial charge in [0.2, 0.25) is 5.78 Å². The predicted octanol–water partition coefficient (Wildman–Crippen LogP) is 4.55. The monoisotopic (exact) mass is 595 g/mol. The first-order valence-electron chi connectivity index (χ1n) is 13.9. The van der Waals surface area contributed by atoms with Gasteiger partial charge in [0.25, 0.3) is 0 Å².